The Bertz CT molecular complexity index is 933. The molecule has 0 spiro atoms. The summed E-state index contributed by atoms with van der Waals surface area (Å²) in [4.78, 5) is 19.8. The second-order valence-electron chi connectivity index (χ2n) is 7.04. The van der Waals surface area contributed by atoms with Crippen molar-refractivity contribution in [2.45, 2.75) is 49.3 Å². The van der Waals surface area contributed by atoms with Crippen molar-refractivity contribution < 1.29 is 4.79 Å². The van der Waals surface area contributed by atoms with E-state index in [1.54, 1.807) is 11.3 Å². The van der Waals surface area contributed by atoms with Gasteiger partial charge in [-0.25, -0.2) is 9.67 Å². The van der Waals surface area contributed by atoms with Crippen molar-refractivity contribution in [2.75, 3.05) is 12.3 Å². The minimum Gasteiger partial charge on any atom is -0.332 e. The summed E-state index contributed by atoms with van der Waals surface area (Å²) >= 11 is 3.15. The third-order valence-corrected chi connectivity index (χ3v) is 7.15. The lowest BCUT2D eigenvalue weighted by atomic mass is 10.0. The molecule has 0 radical (unpaired) electrons. The Kier molecular flexibility index (Phi) is 4.56. The highest BCUT2D eigenvalue weighted by Crippen LogP contribution is 2.38. The van der Waals surface area contributed by atoms with Gasteiger partial charge >= 0.3 is 0 Å². The summed E-state index contributed by atoms with van der Waals surface area (Å²) < 4.78 is 3.04. The SMILES string of the molecule is O=C(CSc1nnnn1C1CC1)N1CCCCC1c1nc2ccccc2s1. The molecule has 27 heavy (non-hydrogen) atoms. The average molecular weight is 401 g/mol. The van der Waals surface area contributed by atoms with Crippen molar-refractivity contribution in [1.82, 2.24) is 30.1 Å². The van der Waals surface area contributed by atoms with Gasteiger partial charge in [-0.15, -0.1) is 16.4 Å². The highest BCUT2D eigenvalue weighted by atomic mass is 32.2. The third kappa shape index (κ3) is 3.45. The first-order valence-corrected chi connectivity index (χ1v) is 11.2. The number of amides is 1. The topological polar surface area (TPSA) is 76.8 Å². The van der Waals surface area contributed by atoms with E-state index >= 15 is 0 Å². The summed E-state index contributed by atoms with van der Waals surface area (Å²) in [6.45, 7) is 0.799. The quantitative estimate of drug-likeness (QED) is 0.611. The number of carbonyl (C=O) groups excluding carboxylic acids is 1. The molecular weight excluding hydrogens is 380 g/mol. The molecule has 2 aromatic heterocycles. The standard InChI is InChI=1S/C18H20N6OS2/c25-16(11-26-18-20-21-22-24(18)12-8-9-12)23-10-4-3-6-14(23)17-19-13-5-1-2-7-15(13)27-17/h1-2,5,7,12,14H,3-4,6,8-11H2. The summed E-state index contributed by atoms with van der Waals surface area (Å²) in [5, 5.41) is 13.7. The van der Waals surface area contributed by atoms with Crippen molar-refractivity contribution in [3.05, 3.63) is 29.3 Å². The van der Waals surface area contributed by atoms with Crippen LogP contribution in [0.15, 0.2) is 29.4 Å². The van der Waals surface area contributed by atoms with E-state index in [2.05, 4.69) is 21.6 Å². The highest BCUT2D eigenvalue weighted by molar-refractivity contribution is 7.99. The molecule has 0 bridgehead atoms. The summed E-state index contributed by atoms with van der Waals surface area (Å²) in [6.07, 6.45) is 5.42. The molecule has 1 aliphatic carbocycles. The summed E-state index contributed by atoms with van der Waals surface area (Å²) in [7, 11) is 0. The number of benzene rings is 1. The van der Waals surface area contributed by atoms with Gasteiger partial charge in [0.15, 0.2) is 0 Å². The van der Waals surface area contributed by atoms with E-state index in [4.69, 9.17) is 4.98 Å². The summed E-state index contributed by atoms with van der Waals surface area (Å²) in [6, 6.07) is 8.69. The number of thioether (sulfide) groups is 1. The van der Waals surface area contributed by atoms with Crippen LogP contribution in [0.25, 0.3) is 10.2 Å². The number of para-hydroxylation sites is 1. The molecule has 1 saturated carbocycles. The Morgan fingerprint density at radius 2 is 2.11 bits per heavy atom. The maximum atomic E-state index is 13.0. The van der Waals surface area contributed by atoms with E-state index < -0.39 is 0 Å². The third-order valence-electron chi connectivity index (χ3n) is 5.10. The number of nitrogens with zero attached hydrogens (tertiary/aromatic N) is 6. The van der Waals surface area contributed by atoms with Crippen molar-refractivity contribution in [3.8, 4) is 0 Å². The Balaban J connectivity index is 1.32. The van der Waals surface area contributed by atoms with Crippen LogP contribution in [-0.2, 0) is 4.79 Å². The van der Waals surface area contributed by atoms with E-state index in [1.807, 2.05) is 27.8 Å². The Morgan fingerprint density at radius 1 is 1.22 bits per heavy atom. The van der Waals surface area contributed by atoms with Crippen LogP contribution in [0.3, 0.4) is 0 Å². The van der Waals surface area contributed by atoms with Crippen LogP contribution in [0.4, 0.5) is 0 Å². The second-order valence-corrected chi connectivity index (χ2v) is 9.05. The van der Waals surface area contributed by atoms with E-state index in [1.165, 1.54) is 16.5 Å². The molecule has 1 saturated heterocycles. The highest BCUT2D eigenvalue weighted by Gasteiger charge is 2.32. The molecule has 1 amide bonds. The van der Waals surface area contributed by atoms with Gasteiger partial charge in [-0.1, -0.05) is 23.9 Å². The number of hydrogen-bond acceptors (Lipinski definition) is 7. The van der Waals surface area contributed by atoms with Crippen LogP contribution in [0.1, 0.15) is 49.2 Å². The van der Waals surface area contributed by atoms with Crippen LogP contribution in [-0.4, -0.2) is 48.3 Å². The number of tetrazole rings is 1. The predicted octanol–water partition coefficient (Wildman–Crippen LogP) is 3.46. The van der Waals surface area contributed by atoms with Gasteiger partial charge in [-0.05, 0) is 54.7 Å². The minimum absolute atomic E-state index is 0.0867. The molecule has 3 aromatic rings. The normalized spacial score (nSPS) is 20.3. The number of hydrogen-bond donors (Lipinski definition) is 0. The molecule has 140 valence electrons. The smallest absolute Gasteiger partial charge is 0.233 e. The molecule has 2 fully saturated rings. The van der Waals surface area contributed by atoms with Gasteiger partial charge in [-0.2, -0.15) is 0 Å². The number of aromatic nitrogens is 5. The van der Waals surface area contributed by atoms with Crippen LogP contribution < -0.4 is 0 Å². The van der Waals surface area contributed by atoms with Crippen molar-refractivity contribution >= 4 is 39.2 Å². The van der Waals surface area contributed by atoms with E-state index in [9.17, 15) is 4.79 Å². The molecule has 7 nitrogen and oxygen atoms in total. The first-order valence-electron chi connectivity index (χ1n) is 9.35. The molecule has 1 unspecified atom stereocenters. The van der Waals surface area contributed by atoms with Gasteiger partial charge in [0.25, 0.3) is 0 Å². The fraction of sp³-hybridized carbons (Fsp3) is 0.500. The van der Waals surface area contributed by atoms with Gasteiger partial charge in [0, 0.05) is 6.54 Å². The van der Waals surface area contributed by atoms with Gasteiger partial charge in [0.05, 0.1) is 28.1 Å². The molecule has 1 aliphatic heterocycles. The monoisotopic (exact) mass is 400 g/mol. The summed E-state index contributed by atoms with van der Waals surface area (Å²) in [5.74, 6) is 0.517. The van der Waals surface area contributed by atoms with Gasteiger partial charge in [0.2, 0.25) is 11.1 Å². The fourth-order valence-corrected chi connectivity index (χ4v) is 5.50. The first-order chi connectivity index (χ1) is 13.3. The average Bonchev–Trinajstić information content (AvgIpc) is 3.28. The lowest BCUT2D eigenvalue weighted by molar-refractivity contribution is -0.132. The van der Waals surface area contributed by atoms with E-state index in [0.717, 1.165) is 54.3 Å². The van der Waals surface area contributed by atoms with E-state index in [0.29, 0.717) is 11.8 Å². The summed E-state index contributed by atoms with van der Waals surface area (Å²) in [5.41, 5.74) is 1.02. The van der Waals surface area contributed by atoms with Crippen LogP contribution in [0.2, 0.25) is 0 Å². The zero-order valence-electron chi connectivity index (χ0n) is 14.8. The minimum atomic E-state index is 0.0867. The number of thiazole rings is 1. The molecular formula is C18H20N6OS2. The lowest BCUT2D eigenvalue weighted by Crippen LogP contribution is -2.39. The number of likely N-dealkylation sites (tertiary alicyclic amines) is 1. The lowest BCUT2D eigenvalue weighted by Gasteiger charge is -2.34. The molecule has 5 rings (SSSR count). The van der Waals surface area contributed by atoms with Crippen molar-refractivity contribution in [1.29, 1.82) is 0 Å². The van der Waals surface area contributed by atoms with Crippen LogP contribution in [0, 0.1) is 0 Å². The number of fused-ring (bicyclic) bond motifs is 1. The van der Waals surface area contributed by atoms with Gasteiger partial charge in [-0.3, -0.25) is 4.79 Å². The largest absolute Gasteiger partial charge is 0.332 e. The number of piperidine rings is 1. The van der Waals surface area contributed by atoms with Crippen molar-refractivity contribution in [3.63, 3.8) is 0 Å². The zero-order valence-corrected chi connectivity index (χ0v) is 16.5. The molecule has 9 heteroatoms. The first kappa shape index (κ1) is 17.1. The molecule has 2 aliphatic rings. The second kappa shape index (κ2) is 7.20. The van der Waals surface area contributed by atoms with Crippen molar-refractivity contribution in [2.24, 2.45) is 0 Å². The number of carbonyl (C=O) groups is 1. The molecule has 0 N–H and O–H groups in total. The maximum absolute atomic E-state index is 13.0. The Labute approximate surface area is 165 Å². The number of rotatable bonds is 5. The Morgan fingerprint density at radius 3 is 2.96 bits per heavy atom. The van der Waals surface area contributed by atoms with Crippen LogP contribution >= 0.6 is 23.1 Å². The molecule has 1 aromatic carbocycles. The Hall–Kier alpha value is -2.00. The molecule has 3 heterocycles. The van der Waals surface area contributed by atoms with Gasteiger partial charge < -0.3 is 4.90 Å². The molecule has 1 atom stereocenters. The van der Waals surface area contributed by atoms with Crippen LogP contribution in [0.5, 0.6) is 0 Å². The fourth-order valence-electron chi connectivity index (χ4n) is 3.56. The van der Waals surface area contributed by atoms with Gasteiger partial charge in [0.1, 0.15) is 5.01 Å². The zero-order chi connectivity index (χ0) is 18.2. The van der Waals surface area contributed by atoms with E-state index in [-0.39, 0.29) is 11.9 Å². The maximum Gasteiger partial charge on any atom is 0.233 e. The predicted molar refractivity (Wildman–Crippen MR) is 105 cm³/mol.